The first-order valence-electron chi connectivity index (χ1n) is 7.65. The average Bonchev–Trinajstić information content (AvgIpc) is 3.23. The highest BCUT2D eigenvalue weighted by Crippen LogP contribution is 2.39. The predicted molar refractivity (Wildman–Crippen MR) is 87.7 cm³/mol. The van der Waals surface area contributed by atoms with Crippen LogP contribution in [0.3, 0.4) is 0 Å². The summed E-state index contributed by atoms with van der Waals surface area (Å²) in [5.74, 6) is 0.250. The van der Waals surface area contributed by atoms with Crippen LogP contribution in [0.4, 0.5) is 0 Å². The van der Waals surface area contributed by atoms with E-state index in [4.69, 9.17) is 11.5 Å². The van der Waals surface area contributed by atoms with Crippen LogP contribution in [0.25, 0.3) is 0 Å². The molecule has 0 radical (unpaired) electrons. The van der Waals surface area contributed by atoms with E-state index in [1.54, 1.807) is 26.8 Å². The Morgan fingerprint density at radius 1 is 1.36 bits per heavy atom. The van der Waals surface area contributed by atoms with E-state index in [9.17, 15) is 13.2 Å². The van der Waals surface area contributed by atoms with Gasteiger partial charge in [-0.25, -0.2) is 8.42 Å². The van der Waals surface area contributed by atoms with Gasteiger partial charge in [0, 0.05) is 11.5 Å². The van der Waals surface area contributed by atoms with E-state index in [1.165, 1.54) is 12.2 Å². The normalized spacial score (nSPS) is 30.8. The van der Waals surface area contributed by atoms with Crippen LogP contribution in [0.5, 0.6) is 0 Å². The predicted octanol–water partition coefficient (Wildman–Crippen LogP) is 1.29. The number of allylic oxidation sites excluding steroid dienone is 2. The zero-order valence-electron chi connectivity index (χ0n) is 13.7. The van der Waals surface area contributed by atoms with Gasteiger partial charge in [-0.15, -0.1) is 0 Å². The second-order valence-electron chi connectivity index (χ2n) is 7.44. The van der Waals surface area contributed by atoms with Gasteiger partial charge in [0.15, 0.2) is 20.5 Å². The summed E-state index contributed by atoms with van der Waals surface area (Å²) in [5, 5.41) is 0. The second-order valence-corrected chi connectivity index (χ2v) is 10.4. The van der Waals surface area contributed by atoms with Crippen LogP contribution in [0, 0.1) is 11.8 Å². The van der Waals surface area contributed by atoms with Gasteiger partial charge in [-0.3, -0.25) is 4.79 Å². The van der Waals surface area contributed by atoms with Crippen LogP contribution < -0.4 is 11.5 Å². The second kappa shape index (κ2) is 5.28. The molecule has 0 bridgehead atoms. The molecule has 0 aromatic heterocycles. The number of sulfone groups is 1. The lowest BCUT2D eigenvalue weighted by molar-refractivity contribution is -0.119. The van der Waals surface area contributed by atoms with Gasteiger partial charge in [0.1, 0.15) is 0 Å². The van der Waals surface area contributed by atoms with E-state index in [-0.39, 0.29) is 11.7 Å². The molecule has 0 spiro atoms. The summed E-state index contributed by atoms with van der Waals surface area (Å²) in [6, 6.07) is -0.871. The first kappa shape index (κ1) is 17.4. The summed E-state index contributed by atoms with van der Waals surface area (Å²) in [4.78, 5) is 10.8. The van der Waals surface area contributed by atoms with Gasteiger partial charge in [-0.05, 0) is 45.6 Å². The fourth-order valence-corrected chi connectivity index (χ4v) is 4.54. The van der Waals surface area contributed by atoms with Crippen molar-refractivity contribution < 1.29 is 13.2 Å². The Kier molecular flexibility index (Phi) is 4.17. The molecule has 124 valence electrons. The number of carbonyl (C=O) groups is 1. The molecule has 2 aliphatic carbocycles. The number of Topliss-reactive ketones (excluding diaryl/α,β-unsaturated/α-hetero) is 1. The van der Waals surface area contributed by atoms with Crippen molar-refractivity contribution in [1.82, 2.24) is 0 Å². The topological polar surface area (TPSA) is 103 Å². The molecule has 0 aromatic rings. The molecule has 22 heavy (non-hydrogen) atoms. The Labute approximate surface area is 132 Å². The first-order chi connectivity index (χ1) is 9.92. The molecule has 0 heterocycles. The van der Waals surface area contributed by atoms with Crippen molar-refractivity contribution >= 4 is 15.6 Å². The minimum Gasteiger partial charge on any atom is -0.322 e. The molecule has 0 aliphatic heterocycles. The molecule has 5 nitrogen and oxygen atoms in total. The van der Waals surface area contributed by atoms with Crippen LogP contribution >= 0.6 is 0 Å². The van der Waals surface area contributed by atoms with Crippen molar-refractivity contribution in [2.24, 2.45) is 23.3 Å². The smallest absolute Gasteiger partial charge is 0.179 e. The van der Waals surface area contributed by atoms with Crippen molar-refractivity contribution in [1.29, 1.82) is 0 Å². The van der Waals surface area contributed by atoms with Crippen LogP contribution in [0.15, 0.2) is 23.8 Å². The minimum absolute atomic E-state index is 0.0513. The number of hydrogen-bond acceptors (Lipinski definition) is 5. The molecule has 2 aliphatic rings. The number of carbonyl (C=O) groups excluding carboxylic acids is 1. The lowest BCUT2D eigenvalue weighted by Gasteiger charge is -2.38. The molecule has 4 N–H and O–H groups in total. The van der Waals surface area contributed by atoms with E-state index >= 15 is 0 Å². The fraction of sp³-hybridized carbons (Fsp3) is 0.688. The lowest BCUT2D eigenvalue weighted by atomic mass is 9.89. The third-order valence-corrected chi connectivity index (χ3v) is 7.62. The summed E-state index contributed by atoms with van der Waals surface area (Å²) in [7, 11) is -3.77. The monoisotopic (exact) mass is 326 g/mol. The van der Waals surface area contributed by atoms with Crippen LogP contribution in [-0.4, -0.2) is 29.9 Å². The zero-order valence-corrected chi connectivity index (χ0v) is 14.5. The average molecular weight is 326 g/mol. The van der Waals surface area contributed by atoms with Crippen molar-refractivity contribution in [3.63, 3.8) is 0 Å². The largest absolute Gasteiger partial charge is 0.322 e. The molecule has 2 rings (SSSR count). The summed E-state index contributed by atoms with van der Waals surface area (Å²) in [6.45, 7) is 6.65. The molecule has 1 fully saturated rings. The maximum Gasteiger partial charge on any atom is 0.179 e. The highest BCUT2D eigenvalue weighted by Gasteiger charge is 2.51. The molecule has 1 saturated carbocycles. The van der Waals surface area contributed by atoms with E-state index in [0.29, 0.717) is 11.5 Å². The van der Waals surface area contributed by atoms with Gasteiger partial charge in [-0.2, -0.15) is 0 Å². The van der Waals surface area contributed by atoms with Gasteiger partial charge in [0.2, 0.25) is 0 Å². The van der Waals surface area contributed by atoms with Crippen LogP contribution in [0.1, 0.15) is 40.5 Å². The maximum absolute atomic E-state index is 12.8. The number of hydrogen-bond donors (Lipinski definition) is 2. The molecule has 0 amide bonds. The van der Waals surface area contributed by atoms with Gasteiger partial charge in [0.25, 0.3) is 0 Å². The number of rotatable bonds is 4. The highest BCUT2D eigenvalue weighted by atomic mass is 32.2. The molecule has 3 unspecified atom stereocenters. The fourth-order valence-electron chi connectivity index (χ4n) is 2.76. The Balaban J connectivity index is 2.43. The SMILES string of the molecule is CC(C(=O)C1=CC(N)(S(=O)(=O)C(C)(C)C)C(N)C=C1)C1CC1. The van der Waals surface area contributed by atoms with Crippen molar-refractivity contribution in [2.45, 2.75) is 56.2 Å². The van der Waals surface area contributed by atoms with E-state index in [2.05, 4.69) is 0 Å². The van der Waals surface area contributed by atoms with Crippen molar-refractivity contribution in [3.05, 3.63) is 23.8 Å². The van der Waals surface area contributed by atoms with Crippen LogP contribution in [0.2, 0.25) is 0 Å². The standard InChI is InChI=1S/C16H26N2O3S/c1-10(11-5-6-11)14(19)12-7-8-13(17)16(18,9-12)22(20,21)15(2,3)4/h7-11,13H,5-6,17-18H2,1-4H3. The Bertz CT molecular complexity index is 639. The summed E-state index contributed by atoms with van der Waals surface area (Å²) in [5.41, 5.74) is 12.5. The lowest BCUT2D eigenvalue weighted by Crippen LogP contribution is -2.63. The van der Waals surface area contributed by atoms with E-state index in [0.717, 1.165) is 12.8 Å². The summed E-state index contributed by atoms with van der Waals surface area (Å²) >= 11 is 0. The van der Waals surface area contributed by atoms with Crippen LogP contribution in [-0.2, 0) is 14.6 Å². The summed E-state index contributed by atoms with van der Waals surface area (Å²) in [6.07, 6.45) is 6.60. The number of ketones is 1. The molecular formula is C16H26N2O3S. The highest BCUT2D eigenvalue weighted by molar-refractivity contribution is 7.94. The van der Waals surface area contributed by atoms with Gasteiger partial charge in [-0.1, -0.05) is 19.1 Å². The first-order valence-corrected chi connectivity index (χ1v) is 9.14. The Hall–Kier alpha value is -0.980. The maximum atomic E-state index is 12.8. The molecule has 3 atom stereocenters. The Morgan fingerprint density at radius 2 is 1.91 bits per heavy atom. The zero-order chi connectivity index (χ0) is 16.9. The third kappa shape index (κ3) is 2.68. The molecule has 6 heteroatoms. The quantitative estimate of drug-likeness (QED) is 0.810. The minimum atomic E-state index is -3.77. The molecule has 0 saturated heterocycles. The van der Waals surface area contributed by atoms with Crippen molar-refractivity contribution in [3.8, 4) is 0 Å². The molecular weight excluding hydrogens is 300 g/mol. The van der Waals surface area contributed by atoms with E-state index < -0.39 is 25.5 Å². The van der Waals surface area contributed by atoms with E-state index in [1.807, 2.05) is 6.92 Å². The summed E-state index contributed by atoms with van der Waals surface area (Å²) < 4.78 is 24.6. The van der Waals surface area contributed by atoms with Crippen molar-refractivity contribution in [2.75, 3.05) is 0 Å². The van der Waals surface area contributed by atoms with Gasteiger partial charge < -0.3 is 11.5 Å². The van der Waals surface area contributed by atoms with Gasteiger partial charge >= 0.3 is 0 Å². The molecule has 0 aromatic carbocycles. The Morgan fingerprint density at radius 3 is 2.36 bits per heavy atom. The van der Waals surface area contributed by atoms with Gasteiger partial charge in [0.05, 0.1) is 10.8 Å². The third-order valence-electron chi connectivity index (χ3n) is 4.68. The number of nitrogens with two attached hydrogens (primary N) is 2.